The lowest BCUT2D eigenvalue weighted by Crippen LogP contribution is -2.10. The van der Waals surface area contributed by atoms with Gasteiger partial charge in [-0.15, -0.1) is 11.8 Å². The van der Waals surface area contributed by atoms with Crippen molar-refractivity contribution in [1.82, 2.24) is 0 Å². The number of benzene rings is 5. The molecule has 0 amide bonds. The molecular weight excluding hydrogens is 661 g/mol. The third-order valence-electron chi connectivity index (χ3n) is 7.32. The number of rotatable bonds is 12. The molecule has 5 rings (SSSR count). The van der Waals surface area contributed by atoms with Crippen LogP contribution in [0.5, 0.6) is 5.75 Å². The van der Waals surface area contributed by atoms with E-state index in [0.717, 1.165) is 55.2 Å². The van der Waals surface area contributed by atoms with Crippen molar-refractivity contribution in [2.45, 2.75) is 18.7 Å². The number of halogens is 4. The highest BCUT2D eigenvalue weighted by atomic mass is 35.5. The molecule has 0 heterocycles. The average Bonchev–Trinajstić information content (AvgIpc) is 3.06. The maximum absolute atomic E-state index is 13.8. The highest BCUT2D eigenvalue weighted by Gasteiger charge is 2.16. The maximum atomic E-state index is 13.8. The van der Waals surface area contributed by atoms with E-state index in [1.165, 1.54) is 12.1 Å². The normalized spacial score (nSPS) is 10.9. The molecule has 0 spiro atoms. The van der Waals surface area contributed by atoms with Crippen molar-refractivity contribution in [3.05, 3.63) is 147 Å². The molecule has 4 nitrogen and oxygen atoms in total. The topological polar surface area (TPSA) is 55.8 Å². The minimum absolute atomic E-state index is 0.0575. The van der Waals surface area contributed by atoms with Crippen LogP contribution in [0, 0.1) is 18.6 Å². The van der Waals surface area contributed by atoms with E-state index in [1.807, 2.05) is 74.5 Å². The predicted molar refractivity (Wildman–Crippen MR) is 186 cm³/mol. The van der Waals surface area contributed by atoms with Gasteiger partial charge in [0.25, 0.3) is 0 Å². The molecule has 0 aromatic heterocycles. The summed E-state index contributed by atoms with van der Waals surface area (Å²) < 4.78 is 39.3. The molecule has 0 fully saturated rings. The molecule has 0 aliphatic heterocycles. The Balaban J connectivity index is 1.52. The molecule has 9 heteroatoms. The van der Waals surface area contributed by atoms with Gasteiger partial charge in [-0.2, -0.15) is 0 Å². The number of aliphatic carboxylic acids is 1. The second-order valence-corrected chi connectivity index (χ2v) is 12.4. The number of carboxylic acids is 1. The SMILES string of the molecule is CCOC(CSc1ccc(OCC(=O)O)c(C)c1)=C(c1ccc(-c2ccc(F)c(Cl)c2)cc1)c1ccc(-c2ccc(F)c(Cl)c2)cc1. The Labute approximate surface area is 286 Å². The molecule has 5 aromatic rings. The van der Waals surface area contributed by atoms with Crippen molar-refractivity contribution in [2.75, 3.05) is 19.0 Å². The number of hydrogen-bond acceptors (Lipinski definition) is 4. The van der Waals surface area contributed by atoms with Gasteiger partial charge in [0.05, 0.1) is 22.4 Å². The minimum Gasteiger partial charge on any atom is -0.497 e. The van der Waals surface area contributed by atoms with Crippen LogP contribution in [-0.4, -0.2) is 30.0 Å². The summed E-state index contributed by atoms with van der Waals surface area (Å²) in [5.41, 5.74) is 6.90. The summed E-state index contributed by atoms with van der Waals surface area (Å²) in [6, 6.07) is 30.7. The van der Waals surface area contributed by atoms with E-state index >= 15 is 0 Å². The van der Waals surface area contributed by atoms with Crippen molar-refractivity contribution in [2.24, 2.45) is 0 Å². The van der Waals surface area contributed by atoms with Gasteiger partial charge in [0.15, 0.2) is 6.61 Å². The van der Waals surface area contributed by atoms with Gasteiger partial charge >= 0.3 is 5.97 Å². The molecule has 0 atom stereocenters. The van der Waals surface area contributed by atoms with Crippen LogP contribution in [0.2, 0.25) is 10.0 Å². The molecule has 0 aliphatic carbocycles. The van der Waals surface area contributed by atoms with Gasteiger partial charge in [-0.1, -0.05) is 83.9 Å². The largest absolute Gasteiger partial charge is 0.497 e. The maximum Gasteiger partial charge on any atom is 0.341 e. The standard InChI is InChI=1S/C38H30Cl2F2O4S/c1-3-45-36(22-47-30-14-17-35(23(2)18-30)46-21-37(43)44)38(26-8-4-24(5-9-26)28-12-15-33(41)31(39)19-28)27-10-6-25(7-11-27)29-13-16-34(42)32(40)20-29/h4-20H,3,21-22H2,1-2H3,(H,43,44). The van der Waals surface area contributed by atoms with Crippen LogP contribution in [0.3, 0.4) is 0 Å². The van der Waals surface area contributed by atoms with Crippen LogP contribution in [0.15, 0.2) is 114 Å². The van der Waals surface area contributed by atoms with Crippen LogP contribution in [-0.2, 0) is 9.53 Å². The van der Waals surface area contributed by atoms with Crippen LogP contribution < -0.4 is 4.74 Å². The summed E-state index contributed by atoms with van der Waals surface area (Å²) in [4.78, 5) is 11.9. The quantitative estimate of drug-likeness (QED) is 0.104. The Morgan fingerprint density at radius 3 is 1.70 bits per heavy atom. The van der Waals surface area contributed by atoms with Gasteiger partial charge in [-0.25, -0.2) is 13.6 Å². The number of hydrogen-bond donors (Lipinski definition) is 1. The molecule has 0 radical (unpaired) electrons. The number of ether oxygens (including phenoxy) is 2. The molecule has 0 saturated carbocycles. The first kappa shape index (κ1) is 34.0. The number of carboxylic acid groups (broad SMARTS) is 1. The summed E-state index contributed by atoms with van der Waals surface area (Å²) >= 11 is 13.7. The Morgan fingerprint density at radius 2 is 1.26 bits per heavy atom. The number of aryl methyl sites for hydroxylation is 1. The highest BCUT2D eigenvalue weighted by molar-refractivity contribution is 7.99. The third-order valence-corrected chi connectivity index (χ3v) is 8.89. The van der Waals surface area contributed by atoms with Crippen molar-refractivity contribution >= 4 is 46.5 Å². The summed E-state index contributed by atoms with van der Waals surface area (Å²) in [5, 5.41) is 9.07. The molecule has 0 saturated heterocycles. The van der Waals surface area contributed by atoms with Crippen molar-refractivity contribution in [1.29, 1.82) is 0 Å². The van der Waals surface area contributed by atoms with Crippen molar-refractivity contribution in [3.63, 3.8) is 0 Å². The first-order valence-corrected chi connectivity index (χ1v) is 16.4. The number of carbonyl (C=O) groups is 1. The molecule has 0 unspecified atom stereocenters. The van der Waals surface area contributed by atoms with Gasteiger partial charge in [0.2, 0.25) is 0 Å². The van der Waals surface area contributed by atoms with Crippen LogP contribution >= 0.6 is 35.0 Å². The molecule has 0 bridgehead atoms. The lowest BCUT2D eigenvalue weighted by Gasteiger charge is -2.18. The predicted octanol–water partition coefficient (Wildman–Crippen LogP) is 11.0. The molecular formula is C38H30Cl2F2O4S. The lowest BCUT2D eigenvalue weighted by molar-refractivity contribution is -0.139. The monoisotopic (exact) mass is 690 g/mol. The fraction of sp³-hybridized carbons (Fsp3) is 0.132. The Bertz CT molecular complexity index is 1830. The molecule has 0 aliphatic rings. The lowest BCUT2D eigenvalue weighted by atomic mass is 9.93. The van der Waals surface area contributed by atoms with Crippen molar-refractivity contribution < 1.29 is 28.2 Å². The van der Waals surface area contributed by atoms with Crippen LogP contribution in [0.4, 0.5) is 8.78 Å². The van der Waals surface area contributed by atoms with Gasteiger partial charge in [0, 0.05) is 10.5 Å². The second kappa shape index (κ2) is 15.5. The zero-order valence-electron chi connectivity index (χ0n) is 25.5. The van der Waals surface area contributed by atoms with E-state index in [0.29, 0.717) is 18.1 Å². The smallest absolute Gasteiger partial charge is 0.341 e. The van der Waals surface area contributed by atoms with E-state index in [-0.39, 0.29) is 10.0 Å². The summed E-state index contributed by atoms with van der Waals surface area (Å²) in [6.45, 7) is 3.84. The fourth-order valence-corrected chi connectivity index (χ4v) is 6.33. The molecule has 47 heavy (non-hydrogen) atoms. The van der Waals surface area contributed by atoms with Gasteiger partial charge in [0.1, 0.15) is 23.1 Å². The van der Waals surface area contributed by atoms with Gasteiger partial charge in [-0.3, -0.25) is 0 Å². The number of thioether (sulfide) groups is 1. The van der Waals surface area contributed by atoms with E-state index in [9.17, 15) is 13.6 Å². The zero-order valence-corrected chi connectivity index (χ0v) is 27.9. The minimum atomic E-state index is -1.04. The van der Waals surface area contributed by atoms with Gasteiger partial charge < -0.3 is 14.6 Å². The van der Waals surface area contributed by atoms with Crippen LogP contribution in [0.25, 0.3) is 27.8 Å². The molecule has 240 valence electrons. The summed E-state index contributed by atoms with van der Waals surface area (Å²) in [7, 11) is 0. The van der Waals surface area contributed by atoms with E-state index < -0.39 is 24.2 Å². The van der Waals surface area contributed by atoms with Crippen LogP contribution in [0.1, 0.15) is 23.6 Å². The zero-order chi connectivity index (χ0) is 33.5. The average molecular weight is 692 g/mol. The van der Waals surface area contributed by atoms with E-state index in [4.69, 9.17) is 37.8 Å². The van der Waals surface area contributed by atoms with Gasteiger partial charge in [-0.05, 0) is 95.3 Å². The van der Waals surface area contributed by atoms with Crippen molar-refractivity contribution in [3.8, 4) is 28.0 Å². The fourth-order valence-electron chi connectivity index (χ4n) is 5.02. The first-order chi connectivity index (χ1) is 22.6. The molecule has 1 N–H and O–H groups in total. The Hall–Kier alpha value is -4.30. The summed E-state index contributed by atoms with van der Waals surface area (Å²) in [6.07, 6.45) is 0. The third kappa shape index (κ3) is 8.55. The Kier molecular flexibility index (Phi) is 11.2. The first-order valence-electron chi connectivity index (χ1n) is 14.7. The highest BCUT2D eigenvalue weighted by Crippen LogP contribution is 2.36. The summed E-state index contributed by atoms with van der Waals surface area (Å²) in [5.74, 6) is -0.201. The second-order valence-electron chi connectivity index (χ2n) is 10.5. The van der Waals surface area contributed by atoms with E-state index in [2.05, 4.69) is 0 Å². The van der Waals surface area contributed by atoms with E-state index in [1.54, 1.807) is 42.1 Å². The molecule has 5 aromatic carbocycles. The Morgan fingerprint density at radius 1 is 0.745 bits per heavy atom.